The molecule has 0 bridgehead atoms. The maximum atomic E-state index is 12.0. The summed E-state index contributed by atoms with van der Waals surface area (Å²) in [7, 11) is 1.90. The van der Waals surface area contributed by atoms with Crippen molar-refractivity contribution in [2.75, 3.05) is 38.6 Å². The van der Waals surface area contributed by atoms with Gasteiger partial charge in [0.1, 0.15) is 5.82 Å². The molecule has 1 amide bonds. The number of piperidine rings is 1. The van der Waals surface area contributed by atoms with Gasteiger partial charge >= 0.3 is 0 Å². The van der Waals surface area contributed by atoms with E-state index in [4.69, 9.17) is 0 Å². The van der Waals surface area contributed by atoms with Crippen molar-refractivity contribution in [2.24, 2.45) is 5.41 Å². The smallest absolute Gasteiger partial charge is 0.219 e. The van der Waals surface area contributed by atoms with Crippen LogP contribution < -0.4 is 5.32 Å². The molecule has 1 aromatic heterocycles. The molecule has 2 fully saturated rings. The first-order chi connectivity index (χ1) is 11.9. The highest BCUT2D eigenvalue weighted by Gasteiger charge is 2.52. The molecule has 6 nitrogen and oxygen atoms in total. The number of carbonyl (C=O) groups excluding carboxylic acids is 1. The van der Waals surface area contributed by atoms with E-state index in [1.54, 1.807) is 6.92 Å². The van der Waals surface area contributed by atoms with Gasteiger partial charge in [0, 0.05) is 38.8 Å². The number of nitrogens with one attached hydrogen (secondary N) is 1. The number of likely N-dealkylation sites (tertiary alicyclic amines) is 2. The van der Waals surface area contributed by atoms with Gasteiger partial charge in [-0.25, -0.2) is 4.98 Å². The lowest BCUT2D eigenvalue weighted by atomic mass is 9.74. The van der Waals surface area contributed by atoms with Crippen molar-refractivity contribution >= 4 is 11.7 Å². The van der Waals surface area contributed by atoms with Crippen LogP contribution in [0.25, 0.3) is 0 Å². The molecular formula is C19H30N4O2. The predicted molar refractivity (Wildman–Crippen MR) is 98.2 cm³/mol. The summed E-state index contributed by atoms with van der Waals surface area (Å²) in [6.07, 6.45) is 4.85. The highest BCUT2D eigenvalue weighted by Crippen LogP contribution is 2.48. The van der Waals surface area contributed by atoms with Gasteiger partial charge in [-0.3, -0.25) is 9.69 Å². The third kappa shape index (κ3) is 3.51. The van der Waals surface area contributed by atoms with Crippen molar-refractivity contribution in [3.05, 3.63) is 23.9 Å². The number of aromatic nitrogens is 1. The molecule has 1 atom stereocenters. The lowest BCUT2D eigenvalue weighted by Gasteiger charge is -2.39. The first kappa shape index (κ1) is 18.1. The molecular weight excluding hydrogens is 316 g/mol. The van der Waals surface area contributed by atoms with Crippen molar-refractivity contribution in [3.63, 3.8) is 0 Å². The van der Waals surface area contributed by atoms with Gasteiger partial charge < -0.3 is 15.3 Å². The zero-order valence-corrected chi connectivity index (χ0v) is 15.6. The molecule has 0 aromatic carbocycles. The Balaban J connectivity index is 1.65. The van der Waals surface area contributed by atoms with Gasteiger partial charge in [-0.05, 0) is 50.8 Å². The van der Waals surface area contributed by atoms with Crippen LogP contribution in [0.2, 0.25) is 0 Å². The third-order valence-electron chi connectivity index (χ3n) is 6.06. The number of carbonyl (C=O) groups is 1. The molecule has 0 saturated carbocycles. The summed E-state index contributed by atoms with van der Waals surface area (Å²) < 4.78 is 0. The number of anilines is 1. The number of aliphatic hydroxyl groups is 1. The summed E-state index contributed by atoms with van der Waals surface area (Å²) in [4.78, 5) is 20.8. The van der Waals surface area contributed by atoms with Crippen LogP contribution in [-0.2, 0) is 11.3 Å². The molecule has 0 radical (unpaired) electrons. The van der Waals surface area contributed by atoms with Crippen LogP contribution in [0.4, 0.5) is 5.82 Å². The second kappa shape index (κ2) is 6.92. The number of hydrogen-bond acceptors (Lipinski definition) is 5. The minimum atomic E-state index is -0.406. The van der Waals surface area contributed by atoms with Crippen molar-refractivity contribution in [3.8, 4) is 0 Å². The summed E-state index contributed by atoms with van der Waals surface area (Å²) >= 11 is 0. The molecule has 3 rings (SSSR count). The summed E-state index contributed by atoms with van der Waals surface area (Å²) in [5.74, 6) is 1.02. The third-order valence-corrected chi connectivity index (χ3v) is 6.06. The minimum Gasteiger partial charge on any atom is -0.394 e. The van der Waals surface area contributed by atoms with E-state index in [9.17, 15) is 9.90 Å². The number of aliphatic hydroxyl groups excluding tert-OH is 1. The monoisotopic (exact) mass is 346 g/mol. The van der Waals surface area contributed by atoms with Crippen LogP contribution in [0.15, 0.2) is 18.3 Å². The summed E-state index contributed by atoms with van der Waals surface area (Å²) in [6.45, 7) is 7.39. The topological polar surface area (TPSA) is 68.7 Å². The van der Waals surface area contributed by atoms with Crippen molar-refractivity contribution in [1.82, 2.24) is 14.8 Å². The van der Waals surface area contributed by atoms with E-state index in [1.807, 2.05) is 31.1 Å². The number of pyridine rings is 1. The Labute approximate surface area is 150 Å². The standard InChI is InChI=1S/C19H30N4O2/c1-15(25)23-13-19(12-18(23,2)14-24)6-9-22(10-7-19)11-16-5-4-8-21-17(16)20-3/h4-5,8,24H,6-7,9-14H2,1-3H3,(H,20,21). The number of nitrogens with zero attached hydrogens (tertiary/aromatic N) is 3. The van der Waals surface area contributed by atoms with Crippen molar-refractivity contribution < 1.29 is 9.90 Å². The van der Waals surface area contributed by atoms with E-state index < -0.39 is 5.54 Å². The second-order valence-corrected chi connectivity index (χ2v) is 7.97. The Kier molecular flexibility index (Phi) is 5.02. The molecule has 2 aliphatic rings. The van der Waals surface area contributed by atoms with E-state index >= 15 is 0 Å². The lowest BCUT2D eigenvalue weighted by Crippen LogP contribution is -2.46. The number of amides is 1. The molecule has 138 valence electrons. The highest BCUT2D eigenvalue weighted by molar-refractivity contribution is 5.74. The van der Waals surface area contributed by atoms with Crippen LogP contribution in [0.5, 0.6) is 0 Å². The van der Waals surface area contributed by atoms with Crippen molar-refractivity contribution in [1.29, 1.82) is 0 Å². The lowest BCUT2D eigenvalue weighted by molar-refractivity contribution is -0.134. The van der Waals surface area contributed by atoms with Crippen LogP contribution in [0, 0.1) is 5.41 Å². The Hall–Kier alpha value is -1.66. The molecule has 2 N–H and O–H groups in total. The summed E-state index contributed by atoms with van der Waals surface area (Å²) in [5, 5.41) is 13.0. The fourth-order valence-electron chi connectivity index (χ4n) is 4.67. The molecule has 1 spiro atoms. The highest BCUT2D eigenvalue weighted by atomic mass is 16.3. The first-order valence-electron chi connectivity index (χ1n) is 9.14. The van der Waals surface area contributed by atoms with Gasteiger partial charge in [0.15, 0.2) is 0 Å². The fraction of sp³-hybridized carbons (Fsp3) is 0.684. The van der Waals surface area contributed by atoms with Gasteiger partial charge in [-0.2, -0.15) is 0 Å². The molecule has 6 heteroatoms. The Morgan fingerprint density at radius 3 is 2.68 bits per heavy atom. The van der Waals surface area contributed by atoms with E-state index in [-0.39, 0.29) is 17.9 Å². The number of hydrogen-bond donors (Lipinski definition) is 2. The average Bonchev–Trinajstić information content (AvgIpc) is 2.91. The van der Waals surface area contributed by atoms with Gasteiger partial charge in [0.05, 0.1) is 12.1 Å². The van der Waals surface area contributed by atoms with E-state index in [1.165, 1.54) is 5.56 Å². The zero-order chi connectivity index (χ0) is 18.1. The summed E-state index contributed by atoms with van der Waals surface area (Å²) in [5.41, 5.74) is 0.967. The Morgan fingerprint density at radius 2 is 2.12 bits per heavy atom. The van der Waals surface area contributed by atoms with E-state index in [0.29, 0.717) is 0 Å². The molecule has 25 heavy (non-hydrogen) atoms. The average molecular weight is 346 g/mol. The quantitative estimate of drug-likeness (QED) is 0.869. The van der Waals surface area contributed by atoms with Crippen molar-refractivity contribution in [2.45, 2.75) is 45.2 Å². The SMILES string of the molecule is CNc1ncccc1CN1CCC2(CC1)CN(C(C)=O)C(C)(CO)C2. The van der Waals surface area contributed by atoms with Crippen LogP contribution in [0.1, 0.15) is 38.7 Å². The molecule has 0 aliphatic carbocycles. The van der Waals surface area contributed by atoms with Gasteiger partial charge in [0.2, 0.25) is 5.91 Å². The van der Waals surface area contributed by atoms with Crippen LogP contribution >= 0.6 is 0 Å². The molecule has 3 heterocycles. The maximum absolute atomic E-state index is 12.0. The second-order valence-electron chi connectivity index (χ2n) is 7.97. The molecule has 2 saturated heterocycles. The van der Waals surface area contributed by atoms with Gasteiger partial charge in [0.25, 0.3) is 0 Å². The Morgan fingerprint density at radius 1 is 1.40 bits per heavy atom. The fourth-order valence-corrected chi connectivity index (χ4v) is 4.67. The van der Waals surface area contributed by atoms with E-state index in [0.717, 1.165) is 51.3 Å². The zero-order valence-electron chi connectivity index (χ0n) is 15.6. The Bertz CT molecular complexity index is 628. The molecule has 1 unspecified atom stereocenters. The minimum absolute atomic E-state index is 0.0409. The maximum Gasteiger partial charge on any atom is 0.219 e. The normalized spacial score (nSPS) is 26.2. The van der Waals surface area contributed by atoms with Gasteiger partial charge in [-0.15, -0.1) is 0 Å². The van der Waals surface area contributed by atoms with Crippen LogP contribution in [-0.4, -0.2) is 64.6 Å². The van der Waals surface area contributed by atoms with Gasteiger partial charge in [-0.1, -0.05) is 6.07 Å². The molecule has 1 aromatic rings. The predicted octanol–water partition coefficient (Wildman–Crippen LogP) is 1.71. The number of rotatable bonds is 4. The first-order valence-corrected chi connectivity index (χ1v) is 9.14. The molecule has 2 aliphatic heterocycles. The largest absolute Gasteiger partial charge is 0.394 e. The summed E-state index contributed by atoms with van der Waals surface area (Å²) in [6, 6.07) is 4.11. The van der Waals surface area contributed by atoms with E-state index in [2.05, 4.69) is 21.3 Å². The van der Waals surface area contributed by atoms with Crippen LogP contribution in [0.3, 0.4) is 0 Å².